The van der Waals surface area contributed by atoms with Crippen LogP contribution in [-0.4, -0.2) is 37.2 Å². The van der Waals surface area contributed by atoms with Crippen LogP contribution in [0, 0.1) is 0 Å². The fourth-order valence-corrected chi connectivity index (χ4v) is 8.50. The third-order valence-electron chi connectivity index (χ3n) is 13.4. The van der Waals surface area contributed by atoms with Crippen molar-refractivity contribution in [3.05, 3.63) is 182 Å². The largest absolute Gasteiger partial charge is 0.462 e. The van der Waals surface area contributed by atoms with Gasteiger partial charge in [-0.1, -0.05) is 287 Å². The van der Waals surface area contributed by atoms with E-state index in [-0.39, 0.29) is 37.5 Å². The Morgan fingerprint density at radius 2 is 0.470 bits per heavy atom. The number of hydrogen-bond donors (Lipinski definition) is 0. The van der Waals surface area contributed by atoms with Crippen LogP contribution >= 0.6 is 0 Å². The van der Waals surface area contributed by atoms with Gasteiger partial charge in [0.15, 0.2) is 6.10 Å². The fraction of sp³-hybridized carbons (Fsp3) is 0.571. The number of hydrogen-bond acceptors (Lipinski definition) is 6. The number of esters is 3. The van der Waals surface area contributed by atoms with Gasteiger partial charge in [0.25, 0.3) is 0 Å². The second kappa shape index (κ2) is 69.0. The predicted molar refractivity (Wildman–Crippen MR) is 361 cm³/mol. The van der Waals surface area contributed by atoms with Gasteiger partial charge in [-0.15, -0.1) is 0 Å². The second-order valence-electron chi connectivity index (χ2n) is 21.3. The molecule has 0 bridgehead atoms. The van der Waals surface area contributed by atoms with E-state index in [1.54, 1.807) is 0 Å². The van der Waals surface area contributed by atoms with Crippen molar-refractivity contribution in [3.8, 4) is 0 Å². The van der Waals surface area contributed by atoms with Crippen molar-refractivity contribution in [1.29, 1.82) is 0 Å². The van der Waals surface area contributed by atoms with E-state index in [1.807, 2.05) is 0 Å². The standard InChI is InChI=1S/C77H120O6/c1-4-7-10-13-16-18-20-22-24-26-28-30-32-33-34-35-36-37-38-39-40-41-42-43-45-46-48-50-52-54-56-58-61-64-67-70-76(79)82-73-74(72-81-75(78)69-66-63-60-15-12-9-6-3)83-77(80)71-68-65-62-59-57-55-53-51-49-47-44-31-29-27-25-23-21-19-17-14-11-8-5-2/h7-8,10-11,16-19,22-25,28-31,33-34,36-37,39-40,42-43,46-49,53,55,74H,4-6,9,12-15,20-21,26-27,32,35,38,41,44-45,50-52,54,56-73H2,1-3H3/b10-7-,11-8-,18-16-,19-17-,24-22-,25-23-,30-28-,31-29-,34-33-,37-36-,40-39-,43-42-,48-46-,49-47-,55-53-. The van der Waals surface area contributed by atoms with Crippen LogP contribution in [0.15, 0.2) is 182 Å². The summed E-state index contributed by atoms with van der Waals surface area (Å²) in [5.74, 6) is -0.949. The highest BCUT2D eigenvalue weighted by Gasteiger charge is 2.19. The number of unbranched alkanes of at least 4 members (excludes halogenated alkanes) is 17. The zero-order chi connectivity index (χ0) is 59.9. The van der Waals surface area contributed by atoms with Gasteiger partial charge >= 0.3 is 17.9 Å². The molecule has 0 aliphatic rings. The zero-order valence-corrected chi connectivity index (χ0v) is 53.1. The average molecular weight is 1140 g/mol. The van der Waals surface area contributed by atoms with Crippen molar-refractivity contribution < 1.29 is 28.6 Å². The van der Waals surface area contributed by atoms with E-state index in [2.05, 4.69) is 203 Å². The predicted octanol–water partition coefficient (Wildman–Crippen LogP) is 23.2. The molecule has 0 aromatic rings. The van der Waals surface area contributed by atoms with Gasteiger partial charge in [-0.3, -0.25) is 14.4 Å². The lowest BCUT2D eigenvalue weighted by Crippen LogP contribution is -2.30. The molecular formula is C77H120O6. The van der Waals surface area contributed by atoms with Crippen molar-refractivity contribution in [2.75, 3.05) is 13.2 Å². The number of carbonyl (C=O) groups excluding carboxylic acids is 3. The van der Waals surface area contributed by atoms with Crippen molar-refractivity contribution in [1.82, 2.24) is 0 Å². The summed E-state index contributed by atoms with van der Waals surface area (Å²) in [6.45, 7) is 6.33. The van der Waals surface area contributed by atoms with E-state index in [9.17, 15) is 14.4 Å². The normalized spacial score (nSPS) is 13.3. The number of ether oxygens (including phenoxy) is 3. The molecule has 0 spiro atoms. The first-order valence-electron chi connectivity index (χ1n) is 33.3. The summed E-state index contributed by atoms with van der Waals surface area (Å²) < 4.78 is 16.8. The third kappa shape index (κ3) is 67.2. The maximum atomic E-state index is 12.9. The van der Waals surface area contributed by atoms with Crippen LogP contribution in [0.5, 0.6) is 0 Å². The SMILES string of the molecule is CC/C=C\C/C=C\C/C=C\C/C=C\C/C=C\C/C=C\C/C=C\C/C=C\C/C=C\CCCCCCCCCC(=O)OCC(COC(=O)CCCCCCCCC)OC(=O)CCCCCC/C=C\C/C=C\C/C=C\C/C=C\C/C=C\C/C=C\CC. The quantitative estimate of drug-likeness (QED) is 0.0261. The lowest BCUT2D eigenvalue weighted by molar-refractivity contribution is -0.167. The maximum absolute atomic E-state index is 12.9. The van der Waals surface area contributed by atoms with Crippen molar-refractivity contribution >= 4 is 17.9 Å². The summed E-state index contributed by atoms with van der Waals surface area (Å²) in [6, 6.07) is 0. The summed E-state index contributed by atoms with van der Waals surface area (Å²) in [6.07, 6.45) is 104. The molecule has 0 amide bonds. The molecule has 0 aliphatic carbocycles. The van der Waals surface area contributed by atoms with Crippen molar-refractivity contribution in [2.45, 2.75) is 271 Å². The molecule has 0 aromatic heterocycles. The molecule has 464 valence electrons. The van der Waals surface area contributed by atoms with E-state index in [0.29, 0.717) is 12.8 Å². The van der Waals surface area contributed by atoms with Crippen molar-refractivity contribution in [2.24, 2.45) is 0 Å². The Hall–Kier alpha value is -5.49. The zero-order valence-electron chi connectivity index (χ0n) is 53.1. The molecule has 0 saturated heterocycles. The Labute approximate surface area is 510 Å². The summed E-state index contributed by atoms with van der Waals surface area (Å²) in [4.78, 5) is 38.1. The Kier molecular flexibility index (Phi) is 64.4. The van der Waals surface area contributed by atoms with Gasteiger partial charge in [0.1, 0.15) is 13.2 Å². The van der Waals surface area contributed by atoms with Gasteiger partial charge in [-0.05, 0) is 141 Å². The number of carbonyl (C=O) groups is 3. The smallest absolute Gasteiger partial charge is 0.306 e. The average Bonchev–Trinajstić information content (AvgIpc) is 3.49. The van der Waals surface area contributed by atoms with Gasteiger partial charge < -0.3 is 14.2 Å². The molecular weight excluding hydrogens is 1020 g/mol. The summed E-state index contributed by atoms with van der Waals surface area (Å²) in [7, 11) is 0. The molecule has 0 aliphatic heterocycles. The maximum Gasteiger partial charge on any atom is 0.306 e. The van der Waals surface area contributed by atoms with Gasteiger partial charge in [-0.25, -0.2) is 0 Å². The Morgan fingerprint density at radius 1 is 0.253 bits per heavy atom. The fourth-order valence-electron chi connectivity index (χ4n) is 8.50. The lowest BCUT2D eigenvalue weighted by atomic mass is 10.1. The minimum absolute atomic E-state index is 0.0989. The molecule has 0 rings (SSSR count). The monoisotopic (exact) mass is 1140 g/mol. The first kappa shape index (κ1) is 77.5. The molecule has 83 heavy (non-hydrogen) atoms. The van der Waals surface area contributed by atoms with Crippen LogP contribution in [0.1, 0.15) is 265 Å². The molecule has 1 unspecified atom stereocenters. The first-order chi connectivity index (χ1) is 41.0. The minimum atomic E-state index is -0.804. The second-order valence-corrected chi connectivity index (χ2v) is 21.3. The summed E-state index contributed by atoms with van der Waals surface area (Å²) in [5, 5.41) is 0. The molecule has 6 nitrogen and oxygen atoms in total. The summed E-state index contributed by atoms with van der Waals surface area (Å²) in [5.41, 5.74) is 0. The number of allylic oxidation sites excluding steroid dienone is 30. The van der Waals surface area contributed by atoms with Gasteiger partial charge in [0.05, 0.1) is 0 Å². The highest BCUT2D eigenvalue weighted by Crippen LogP contribution is 2.14. The molecule has 0 heterocycles. The lowest BCUT2D eigenvalue weighted by Gasteiger charge is -2.18. The molecule has 0 fully saturated rings. The highest BCUT2D eigenvalue weighted by molar-refractivity contribution is 5.71. The Morgan fingerprint density at radius 3 is 0.735 bits per heavy atom. The van der Waals surface area contributed by atoms with Crippen molar-refractivity contribution in [3.63, 3.8) is 0 Å². The highest BCUT2D eigenvalue weighted by atomic mass is 16.6. The van der Waals surface area contributed by atoms with E-state index < -0.39 is 6.10 Å². The van der Waals surface area contributed by atoms with Crippen LogP contribution in [0.4, 0.5) is 0 Å². The summed E-state index contributed by atoms with van der Waals surface area (Å²) >= 11 is 0. The molecule has 1 atom stereocenters. The van der Waals surface area contributed by atoms with Crippen LogP contribution in [0.3, 0.4) is 0 Å². The van der Waals surface area contributed by atoms with Gasteiger partial charge in [0, 0.05) is 19.3 Å². The minimum Gasteiger partial charge on any atom is -0.462 e. The van der Waals surface area contributed by atoms with Crippen LogP contribution < -0.4 is 0 Å². The Bertz CT molecular complexity index is 1940. The van der Waals surface area contributed by atoms with Gasteiger partial charge in [0.2, 0.25) is 0 Å². The van der Waals surface area contributed by atoms with Crippen LogP contribution in [-0.2, 0) is 28.6 Å². The van der Waals surface area contributed by atoms with E-state index in [0.717, 1.165) is 173 Å². The van der Waals surface area contributed by atoms with Gasteiger partial charge in [-0.2, -0.15) is 0 Å². The molecule has 0 saturated carbocycles. The molecule has 0 aromatic carbocycles. The molecule has 6 heteroatoms. The third-order valence-corrected chi connectivity index (χ3v) is 13.4. The number of rotatable bonds is 58. The first-order valence-corrected chi connectivity index (χ1v) is 33.3. The topological polar surface area (TPSA) is 78.9 Å². The molecule has 0 N–H and O–H groups in total. The van der Waals surface area contributed by atoms with Crippen LogP contribution in [0.2, 0.25) is 0 Å². The molecule has 0 radical (unpaired) electrons. The van der Waals surface area contributed by atoms with E-state index >= 15 is 0 Å². The van der Waals surface area contributed by atoms with Crippen LogP contribution in [0.25, 0.3) is 0 Å². The van der Waals surface area contributed by atoms with E-state index in [1.165, 1.54) is 51.4 Å². The Balaban J connectivity index is 4.23. The van der Waals surface area contributed by atoms with E-state index in [4.69, 9.17) is 14.2 Å².